The lowest BCUT2D eigenvalue weighted by molar-refractivity contribution is -0.139. The highest BCUT2D eigenvalue weighted by Crippen LogP contribution is 2.32. The molecular weight excluding hydrogens is 278 g/mol. The van der Waals surface area contributed by atoms with Crippen LogP contribution in [0.1, 0.15) is 30.0 Å². The number of benzene rings is 1. The summed E-state index contributed by atoms with van der Waals surface area (Å²) in [5, 5.41) is 9.12. The lowest BCUT2D eigenvalue weighted by atomic mass is 10.0. The van der Waals surface area contributed by atoms with E-state index in [0.29, 0.717) is 18.8 Å². The van der Waals surface area contributed by atoms with Gasteiger partial charge in [-0.05, 0) is 18.4 Å². The zero-order valence-corrected chi connectivity index (χ0v) is 12.1. The first-order valence-electron chi connectivity index (χ1n) is 6.65. The van der Waals surface area contributed by atoms with E-state index in [4.69, 9.17) is 16.7 Å². The molecule has 1 amide bonds. The summed E-state index contributed by atoms with van der Waals surface area (Å²) in [7, 11) is 0. The molecule has 0 spiro atoms. The van der Waals surface area contributed by atoms with Crippen LogP contribution >= 0.6 is 11.6 Å². The third-order valence-corrected chi connectivity index (χ3v) is 4.06. The van der Waals surface area contributed by atoms with Crippen molar-refractivity contribution in [3.8, 4) is 0 Å². The SMILES string of the molecule is Cc1cccc(C(CC(=O)O)N2CC(CCl)CC2=O)c1. The molecule has 1 N–H and O–H groups in total. The van der Waals surface area contributed by atoms with E-state index in [2.05, 4.69) is 0 Å². The summed E-state index contributed by atoms with van der Waals surface area (Å²) in [6.45, 7) is 2.49. The fourth-order valence-electron chi connectivity index (χ4n) is 2.66. The molecule has 1 fully saturated rings. The number of carbonyl (C=O) groups is 2. The van der Waals surface area contributed by atoms with Gasteiger partial charge in [0, 0.05) is 18.8 Å². The number of hydrogen-bond donors (Lipinski definition) is 1. The molecule has 5 heteroatoms. The average Bonchev–Trinajstić information content (AvgIpc) is 2.77. The molecule has 0 aliphatic carbocycles. The van der Waals surface area contributed by atoms with Crippen LogP contribution in [0, 0.1) is 12.8 Å². The van der Waals surface area contributed by atoms with E-state index in [1.165, 1.54) is 0 Å². The Labute approximate surface area is 123 Å². The highest BCUT2D eigenvalue weighted by Gasteiger charge is 2.35. The molecule has 0 saturated carbocycles. The largest absolute Gasteiger partial charge is 0.481 e. The van der Waals surface area contributed by atoms with Gasteiger partial charge in [0.15, 0.2) is 0 Å². The Morgan fingerprint density at radius 3 is 2.85 bits per heavy atom. The van der Waals surface area contributed by atoms with Crippen molar-refractivity contribution in [1.82, 2.24) is 4.90 Å². The van der Waals surface area contributed by atoms with E-state index in [9.17, 15) is 9.59 Å². The zero-order valence-electron chi connectivity index (χ0n) is 11.4. The summed E-state index contributed by atoms with van der Waals surface area (Å²) in [6.07, 6.45) is 0.329. The van der Waals surface area contributed by atoms with Gasteiger partial charge >= 0.3 is 5.97 Å². The molecule has 20 heavy (non-hydrogen) atoms. The standard InChI is InChI=1S/C15H18ClNO3/c1-10-3-2-4-12(5-10)13(7-15(19)20)17-9-11(8-16)6-14(17)18/h2-5,11,13H,6-9H2,1H3,(H,19,20). The van der Waals surface area contributed by atoms with Crippen molar-refractivity contribution in [2.24, 2.45) is 5.92 Å². The minimum atomic E-state index is -0.904. The Hall–Kier alpha value is -1.55. The number of rotatable bonds is 5. The Morgan fingerprint density at radius 1 is 1.55 bits per heavy atom. The quantitative estimate of drug-likeness (QED) is 0.850. The highest BCUT2D eigenvalue weighted by atomic mass is 35.5. The molecule has 108 valence electrons. The predicted molar refractivity (Wildman–Crippen MR) is 76.7 cm³/mol. The first-order valence-corrected chi connectivity index (χ1v) is 7.18. The zero-order chi connectivity index (χ0) is 14.7. The average molecular weight is 296 g/mol. The van der Waals surface area contributed by atoms with Crippen LogP contribution in [0.25, 0.3) is 0 Å². The van der Waals surface area contributed by atoms with Gasteiger partial charge in [-0.25, -0.2) is 0 Å². The van der Waals surface area contributed by atoms with Gasteiger partial charge in [0.2, 0.25) is 5.91 Å². The molecule has 1 aliphatic heterocycles. The number of amides is 1. The van der Waals surface area contributed by atoms with Crippen molar-refractivity contribution in [3.63, 3.8) is 0 Å². The number of aliphatic carboxylic acids is 1. The Morgan fingerprint density at radius 2 is 2.30 bits per heavy atom. The van der Waals surface area contributed by atoms with E-state index < -0.39 is 12.0 Å². The minimum absolute atomic E-state index is 0.0107. The van der Waals surface area contributed by atoms with Crippen LogP contribution in [0.5, 0.6) is 0 Å². The van der Waals surface area contributed by atoms with Crippen molar-refractivity contribution in [2.45, 2.75) is 25.8 Å². The Bertz CT molecular complexity index is 518. The summed E-state index contributed by atoms with van der Waals surface area (Å²) in [6, 6.07) is 7.25. The Balaban J connectivity index is 2.28. The van der Waals surface area contributed by atoms with Crippen LogP contribution in [0.2, 0.25) is 0 Å². The number of hydrogen-bond acceptors (Lipinski definition) is 2. The molecular formula is C15H18ClNO3. The number of carboxylic acids is 1. The smallest absolute Gasteiger partial charge is 0.305 e. The first kappa shape index (κ1) is 14.9. The summed E-state index contributed by atoms with van der Waals surface area (Å²) in [5.74, 6) is -0.372. The molecule has 0 aromatic heterocycles. The van der Waals surface area contributed by atoms with Gasteiger partial charge in [-0.15, -0.1) is 11.6 Å². The van der Waals surface area contributed by atoms with Crippen LogP contribution in [-0.4, -0.2) is 34.3 Å². The van der Waals surface area contributed by atoms with E-state index >= 15 is 0 Å². The second-order valence-corrected chi connectivity index (χ2v) is 5.61. The lowest BCUT2D eigenvalue weighted by Gasteiger charge is -2.27. The van der Waals surface area contributed by atoms with Crippen LogP contribution in [0.3, 0.4) is 0 Å². The third kappa shape index (κ3) is 3.31. The number of halogens is 1. The normalized spacial score (nSPS) is 20.2. The predicted octanol–water partition coefficient (Wildman–Crippen LogP) is 2.60. The van der Waals surface area contributed by atoms with Gasteiger partial charge in [-0.2, -0.15) is 0 Å². The minimum Gasteiger partial charge on any atom is -0.481 e. The third-order valence-electron chi connectivity index (χ3n) is 3.63. The second-order valence-electron chi connectivity index (χ2n) is 5.30. The maximum absolute atomic E-state index is 12.1. The summed E-state index contributed by atoms with van der Waals surface area (Å²) in [5.41, 5.74) is 1.93. The molecule has 2 rings (SSSR count). The molecule has 0 bridgehead atoms. The van der Waals surface area contributed by atoms with Crippen LogP contribution in [-0.2, 0) is 9.59 Å². The van der Waals surface area contributed by atoms with Crippen molar-refractivity contribution in [1.29, 1.82) is 0 Å². The van der Waals surface area contributed by atoms with Gasteiger partial charge in [-0.3, -0.25) is 9.59 Å². The molecule has 0 radical (unpaired) electrons. The van der Waals surface area contributed by atoms with Crippen LogP contribution in [0.4, 0.5) is 0 Å². The van der Waals surface area contributed by atoms with Gasteiger partial charge in [0.05, 0.1) is 12.5 Å². The summed E-state index contributed by atoms with van der Waals surface area (Å²) in [4.78, 5) is 24.9. The summed E-state index contributed by atoms with van der Waals surface area (Å²) >= 11 is 5.82. The number of aryl methyl sites for hydroxylation is 1. The van der Waals surface area contributed by atoms with Crippen LogP contribution in [0.15, 0.2) is 24.3 Å². The fourth-order valence-corrected chi connectivity index (χ4v) is 2.87. The molecule has 1 heterocycles. The highest BCUT2D eigenvalue weighted by molar-refractivity contribution is 6.18. The van der Waals surface area contributed by atoms with Crippen molar-refractivity contribution in [2.75, 3.05) is 12.4 Å². The maximum atomic E-state index is 12.1. The summed E-state index contributed by atoms with van der Waals surface area (Å²) < 4.78 is 0. The second kappa shape index (κ2) is 6.27. The molecule has 1 aromatic rings. The number of carbonyl (C=O) groups excluding carboxylic acids is 1. The van der Waals surface area contributed by atoms with Crippen molar-refractivity contribution >= 4 is 23.5 Å². The van der Waals surface area contributed by atoms with Crippen molar-refractivity contribution in [3.05, 3.63) is 35.4 Å². The number of alkyl halides is 1. The van der Waals surface area contributed by atoms with E-state index in [-0.39, 0.29) is 18.2 Å². The first-order chi connectivity index (χ1) is 9.51. The molecule has 1 aromatic carbocycles. The molecule has 4 nitrogen and oxygen atoms in total. The van der Waals surface area contributed by atoms with Crippen molar-refractivity contribution < 1.29 is 14.7 Å². The van der Waals surface area contributed by atoms with Gasteiger partial charge in [-0.1, -0.05) is 29.8 Å². The molecule has 1 saturated heterocycles. The monoisotopic (exact) mass is 295 g/mol. The number of likely N-dealkylation sites (tertiary alicyclic amines) is 1. The topological polar surface area (TPSA) is 57.6 Å². The van der Waals surface area contributed by atoms with Crippen LogP contribution < -0.4 is 0 Å². The van der Waals surface area contributed by atoms with Gasteiger partial charge in [0.1, 0.15) is 0 Å². The molecule has 2 unspecified atom stereocenters. The van der Waals surface area contributed by atoms with Gasteiger partial charge in [0.25, 0.3) is 0 Å². The maximum Gasteiger partial charge on any atom is 0.305 e. The molecule has 1 aliphatic rings. The van der Waals surface area contributed by atoms with E-state index in [1.54, 1.807) is 4.90 Å². The lowest BCUT2D eigenvalue weighted by Crippen LogP contribution is -2.32. The van der Waals surface area contributed by atoms with E-state index in [1.807, 2.05) is 31.2 Å². The number of carboxylic acid groups (broad SMARTS) is 1. The Kier molecular flexibility index (Phi) is 4.65. The molecule has 2 atom stereocenters. The van der Waals surface area contributed by atoms with Gasteiger partial charge < -0.3 is 10.0 Å². The fraction of sp³-hybridized carbons (Fsp3) is 0.467. The number of nitrogens with zero attached hydrogens (tertiary/aromatic N) is 1. The van der Waals surface area contributed by atoms with E-state index in [0.717, 1.165) is 11.1 Å².